The van der Waals surface area contributed by atoms with Gasteiger partial charge in [-0.2, -0.15) is 0 Å². The molecule has 0 unspecified atom stereocenters. The second kappa shape index (κ2) is 7.21. The smallest absolute Gasteiger partial charge is 0.0558 e. The van der Waals surface area contributed by atoms with Crippen molar-refractivity contribution in [3.05, 3.63) is 0 Å². The van der Waals surface area contributed by atoms with Gasteiger partial charge in [0.15, 0.2) is 0 Å². The molecule has 0 aliphatic carbocycles. The molecule has 0 aromatic heterocycles. The summed E-state index contributed by atoms with van der Waals surface area (Å²) < 4.78 is 0. The summed E-state index contributed by atoms with van der Waals surface area (Å²) in [6, 6.07) is 0. The molecule has 0 aromatic carbocycles. The van der Waals surface area contributed by atoms with E-state index in [1.165, 1.54) is 51.9 Å². The van der Waals surface area contributed by atoms with E-state index in [1.54, 1.807) is 0 Å². The summed E-state index contributed by atoms with van der Waals surface area (Å²) >= 11 is 0. The van der Waals surface area contributed by atoms with Gasteiger partial charge >= 0.3 is 0 Å². The Labute approximate surface area is 87.7 Å². The highest BCUT2D eigenvalue weighted by Gasteiger charge is 2.08. The van der Waals surface area contributed by atoms with E-state index in [4.69, 9.17) is 5.11 Å². The highest BCUT2D eigenvalue weighted by Crippen LogP contribution is 2.05. The van der Waals surface area contributed by atoms with Crippen LogP contribution in [-0.4, -0.2) is 61.3 Å². The van der Waals surface area contributed by atoms with Crippen molar-refractivity contribution in [3.63, 3.8) is 0 Å². The number of aliphatic hydroxyl groups excluding tert-OH is 1. The first-order chi connectivity index (χ1) is 6.83. The molecule has 14 heavy (non-hydrogen) atoms. The fourth-order valence-corrected chi connectivity index (χ4v) is 2.02. The number of rotatable bonds is 2. The van der Waals surface area contributed by atoms with E-state index >= 15 is 0 Å². The minimum Gasteiger partial charge on any atom is -0.395 e. The van der Waals surface area contributed by atoms with Crippen molar-refractivity contribution in [2.75, 3.05) is 46.4 Å². The molecule has 1 N–H and O–H groups in total. The third-order valence-corrected chi connectivity index (χ3v) is 2.94. The monoisotopic (exact) mass is 200 g/mol. The molecule has 0 spiro atoms. The summed E-state index contributed by atoms with van der Waals surface area (Å²) in [4.78, 5) is 4.65. The van der Waals surface area contributed by atoms with E-state index < -0.39 is 0 Å². The third kappa shape index (κ3) is 4.94. The lowest BCUT2D eigenvalue weighted by Gasteiger charge is -2.10. The first kappa shape index (κ1) is 12.0. The Kier molecular flexibility index (Phi) is 6.15. The Hall–Kier alpha value is -0.120. The lowest BCUT2D eigenvalue weighted by Crippen LogP contribution is -2.22. The summed E-state index contributed by atoms with van der Waals surface area (Å²) in [6.07, 6.45) is 5.47. The molecule has 3 nitrogen and oxygen atoms in total. The van der Waals surface area contributed by atoms with E-state index in [2.05, 4.69) is 16.8 Å². The summed E-state index contributed by atoms with van der Waals surface area (Å²) in [5.41, 5.74) is 0. The summed E-state index contributed by atoms with van der Waals surface area (Å²) in [5.74, 6) is 0. The van der Waals surface area contributed by atoms with Gasteiger partial charge in [-0.15, -0.1) is 0 Å². The minimum absolute atomic E-state index is 0.319. The van der Waals surface area contributed by atoms with E-state index in [0.29, 0.717) is 6.61 Å². The average molecular weight is 200 g/mol. The van der Waals surface area contributed by atoms with Gasteiger partial charge in [0.1, 0.15) is 0 Å². The molecule has 2 aliphatic heterocycles. The molecule has 2 rings (SSSR count). The maximum absolute atomic E-state index is 8.48. The summed E-state index contributed by atoms with van der Waals surface area (Å²) in [5, 5.41) is 8.48. The van der Waals surface area contributed by atoms with Crippen LogP contribution in [-0.2, 0) is 0 Å². The quantitative estimate of drug-likeness (QED) is 0.714. The highest BCUT2D eigenvalue weighted by molar-refractivity contribution is 4.64. The molecule has 0 bridgehead atoms. The third-order valence-electron chi connectivity index (χ3n) is 2.94. The van der Waals surface area contributed by atoms with Gasteiger partial charge < -0.3 is 14.9 Å². The maximum atomic E-state index is 8.48. The van der Waals surface area contributed by atoms with Crippen LogP contribution >= 0.6 is 0 Å². The van der Waals surface area contributed by atoms with Gasteiger partial charge in [0, 0.05) is 6.54 Å². The molecule has 0 aromatic rings. The topological polar surface area (TPSA) is 26.7 Å². The van der Waals surface area contributed by atoms with Crippen molar-refractivity contribution in [2.45, 2.75) is 25.7 Å². The van der Waals surface area contributed by atoms with E-state index in [1.807, 2.05) is 0 Å². The van der Waals surface area contributed by atoms with E-state index in [0.717, 1.165) is 6.54 Å². The molecule has 0 atom stereocenters. The SMILES string of the molecule is CN1CCCC1.OCCN1CCCC1. The van der Waals surface area contributed by atoms with Gasteiger partial charge in [-0.3, -0.25) is 0 Å². The molecule has 2 fully saturated rings. The van der Waals surface area contributed by atoms with Crippen LogP contribution in [0.25, 0.3) is 0 Å². The Balaban J connectivity index is 0.000000146. The number of β-amino-alcohol motifs (C(OH)–C–C–N with tert-alkyl or cyclic N) is 1. The number of hydrogen-bond acceptors (Lipinski definition) is 3. The molecular weight excluding hydrogens is 176 g/mol. The second-order valence-corrected chi connectivity index (χ2v) is 4.28. The van der Waals surface area contributed by atoms with Crippen LogP contribution in [0.3, 0.4) is 0 Å². The van der Waals surface area contributed by atoms with Crippen LogP contribution in [0.2, 0.25) is 0 Å². The number of hydrogen-bond donors (Lipinski definition) is 1. The summed E-state index contributed by atoms with van der Waals surface area (Å²) in [7, 11) is 2.17. The molecule has 84 valence electrons. The van der Waals surface area contributed by atoms with Crippen molar-refractivity contribution in [2.24, 2.45) is 0 Å². The van der Waals surface area contributed by atoms with E-state index in [-0.39, 0.29) is 0 Å². The average Bonchev–Trinajstić information content (AvgIpc) is 2.79. The minimum atomic E-state index is 0.319. The lowest BCUT2D eigenvalue weighted by atomic mass is 10.4. The summed E-state index contributed by atoms with van der Waals surface area (Å²) in [6.45, 7) is 6.22. The Bertz CT molecular complexity index is 129. The van der Waals surface area contributed by atoms with Crippen molar-refractivity contribution in [1.29, 1.82) is 0 Å². The van der Waals surface area contributed by atoms with E-state index in [9.17, 15) is 0 Å². The molecule has 2 heterocycles. The van der Waals surface area contributed by atoms with Gasteiger partial charge in [0.2, 0.25) is 0 Å². The Morgan fingerprint density at radius 1 is 0.929 bits per heavy atom. The van der Waals surface area contributed by atoms with Gasteiger partial charge in [-0.1, -0.05) is 0 Å². The zero-order valence-electron chi connectivity index (χ0n) is 9.41. The first-order valence-corrected chi connectivity index (χ1v) is 5.84. The predicted octanol–water partition coefficient (Wildman–Crippen LogP) is 0.786. The number of nitrogens with zero attached hydrogens (tertiary/aromatic N) is 2. The van der Waals surface area contributed by atoms with Crippen molar-refractivity contribution < 1.29 is 5.11 Å². The first-order valence-electron chi connectivity index (χ1n) is 5.84. The van der Waals surface area contributed by atoms with Gasteiger partial charge in [0.05, 0.1) is 6.61 Å². The number of aliphatic hydroxyl groups is 1. The number of likely N-dealkylation sites (tertiary alicyclic amines) is 2. The normalized spacial score (nSPS) is 23.6. The zero-order valence-corrected chi connectivity index (χ0v) is 9.41. The largest absolute Gasteiger partial charge is 0.395 e. The Morgan fingerprint density at radius 2 is 1.43 bits per heavy atom. The van der Waals surface area contributed by atoms with Crippen LogP contribution in [0, 0.1) is 0 Å². The van der Waals surface area contributed by atoms with Crippen molar-refractivity contribution >= 4 is 0 Å². The van der Waals surface area contributed by atoms with Crippen molar-refractivity contribution in [3.8, 4) is 0 Å². The molecule has 0 amide bonds. The molecule has 3 heteroatoms. The maximum Gasteiger partial charge on any atom is 0.0558 e. The fourth-order valence-electron chi connectivity index (χ4n) is 2.02. The second-order valence-electron chi connectivity index (χ2n) is 4.28. The van der Waals surface area contributed by atoms with Crippen LogP contribution in [0.5, 0.6) is 0 Å². The van der Waals surface area contributed by atoms with Crippen LogP contribution in [0.4, 0.5) is 0 Å². The molecule has 2 aliphatic rings. The fraction of sp³-hybridized carbons (Fsp3) is 1.00. The van der Waals surface area contributed by atoms with Crippen LogP contribution in [0.15, 0.2) is 0 Å². The molecule has 0 saturated carbocycles. The van der Waals surface area contributed by atoms with Crippen molar-refractivity contribution in [1.82, 2.24) is 9.80 Å². The lowest BCUT2D eigenvalue weighted by molar-refractivity contribution is 0.221. The van der Waals surface area contributed by atoms with Gasteiger partial charge in [0.25, 0.3) is 0 Å². The molecule has 0 radical (unpaired) electrons. The molecular formula is C11H24N2O. The van der Waals surface area contributed by atoms with Crippen LogP contribution < -0.4 is 0 Å². The standard InChI is InChI=1S/C6H13NO.C5H11N/c8-6-5-7-3-1-2-4-7;1-6-4-2-3-5-6/h8H,1-6H2;2-5H2,1H3. The predicted molar refractivity (Wildman–Crippen MR) is 59.5 cm³/mol. The van der Waals surface area contributed by atoms with Gasteiger partial charge in [-0.25, -0.2) is 0 Å². The zero-order chi connectivity index (χ0) is 10.2. The highest BCUT2D eigenvalue weighted by atomic mass is 16.3. The van der Waals surface area contributed by atoms with Crippen LogP contribution in [0.1, 0.15) is 25.7 Å². The molecule has 2 saturated heterocycles. The van der Waals surface area contributed by atoms with Gasteiger partial charge in [-0.05, 0) is 58.9 Å². The Morgan fingerprint density at radius 3 is 1.79 bits per heavy atom.